The van der Waals surface area contributed by atoms with Crippen LogP contribution < -0.4 is 10.1 Å². The Bertz CT molecular complexity index is 525. The first-order valence-electron chi connectivity index (χ1n) is 5.69. The van der Waals surface area contributed by atoms with Crippen LogP contribution >= 0.6 is 0 Å². The van der Waals surface area contributed by atoms with Crippen LogP contribution in [0.1, 0.15) is 11.1 Å². The second kappa shape index (κ2) is 5.64. The van der Waals surface area contributed by atoms with Gasteiger partial charge in [-0.1, -0.05) is 6.07 Å². The van der Waals surface area contributed by atoms with Gasteiger partial charge >= 0.3 is 0 Å². The third kappa shape index (κ3) is 3.07. The van der Waals surface area contributed by atoms with Crippen LogP contribution in [0, 0.1) is 5.82 Å². The Kier molecular flexibility index (Phi) is 3.94. The first-order valence-corrected chi connectivity index (χ1v) is 5.69. The van der Waals surface area contributed by atoms with Crippen LogP contribution in [0.3, 0.4) is 0 Å². The summed E-state index contributed by atoms with van der Waals surface area (Å²) in [4.78, 5) is 0. The minimum atomic E-state index is -0.256. The summed E-state index contributed by atoms with van der Waals surface area (Å²) in [6.45, 7) is 1.14. The molecule has 18 heavy (non-hydrogen) atoms. The van der Waals surface area contributed by atoms with Crippen molar-refractivity contribution in [3.05, 3.63) is 47.5 Å². The van der Waals surface area contributed by atoms with Gasteiger partial charge in [-0.05, 0) is 6.07 Å². The number of hydrogen-bond donors (Lipinski definition) is 1. The van der Waals surface area contributed by atoms with Crippen molar-refractivity contribution in [2.75, 3.05) is 7.11 Å². The minimum Gasteiger partial charge on any atom is -0.497 e. The molecule has 0 aliphatic heterocycles. The molecule has 2 aromatic rings. The highest BCUT2D eigenvalue weighted by molar-refractivity contribution is 5.28. The van der Waals surface area contributed by atoms with Crippen molar-refractivity contribution in [3.63, 3.8) is 0 Å². The molecular formula is C13H16FN3O. The molecule has 1 heterocycles. The molecule has 5 heteroatoms. The van der Waals surface area contributed by atoms with E-state index in [1.807, 2.05) is 13.2 Å². The molecule has 0 aliphatic rings. The van der Waals surface area contributed by atoms with Crippen LogP contribution in [0.4, 0.5) is 4.39 Å². The van der Waals surface area contributed by atoms with E-state index < -0.39 is 0 Å². The molecule has 96 valence electrons. The molecule has 1 N–H and O–H groups in total. The van der Waals surface area contributed by atoms with E-state index in [0.717, 1.165) is 5.56 Å². The standard InChI is InChI=1S/C13H16FN3O/c1-17-9-10(7-16-17)6-15-8-11-3-4-12(18-2)5-13(11)14/h3-5,7,9,15H,6,8H2,1-2H3. The fourth-order valence-corrected chi connectivity index (χ4v) is 1.70. The van der Waals surface area contributed by atoms with Gasteiger partial charge in [-0.2, -0.15) is 5.10 Å². The van der Waals surface area contributed by atoms with E-state index in [1.54, 1.807) is 23.0 Å². The maximum absolute atomic E-state index is 13.6. The second-order valence-corrected chi connectivity index (χ2v) is 4.08. The molecule has 0 saturated heterocycles. The van der Waals surface area contributed by atoms with E-state index in [-0.39, 0.29) is 5.82 Å². The molecule has 0 aliphatic carbocycles. The number of aryl methyl sites for hydroxylation is 1. The number of methoxy groups -OCH3 is 1. The monoisotopic (exact) mass is 249 g/mol. The van der Waals surface area contributed by atoms with Crippen molar-refractivity contribution in [2.24, 2.45) is 7.05 Å². The highest BCUT2D eigenvalue weighted by Crippen LogP contribution is 2.16. The average molecular weight is 249 g/mol. The van der Waals surface area contributed by atoms with Crippen molar-refractivity contribution in [2.45, 2.75) is 13.1 Å². The molecule has 1 aromatic carbocycles. The summed E-state index contributed by atoms with van der Waals surface area (Å²) < 4.78 is 20.3. The lowest BCUT2D eigenvalue weighted by molar-refractivity contribution is 0.410. The molecule has 0 unspecified atom stereocenters. The largest absolute Gasteiger partial charge is 0.497 e. The highest BCUT2D eigenvalue weighted by atomic mass is 19.1. The first kappa shape index (κ1) is 12.6. The Hall–Kier alpha value is -1.88. The highest BCUT2D eigenvalue weighted by Gasteiger charge is 2.04. The summed E-state index contributed by atoms with van der Waals surface area (Å²) in [5.41, 5.74) is 1.70. The molecule has 4 nitrogen and oxygen atoms in total. The van der Waals surface area contributed by atoms with Gasteiger partial charge in [0.25, 0.3) is 0 Å². The molecule has 0 radical (unpaired) electrons. The summed E-state index contributed by atoms with van der Waals surface area (Å²) in [5.74, 6) is 0.275. The molecule has 0 bridgehead atoms. The van der Waals surface area contributed by atoms with E-state index in [0.29, 0.717) is 24.4 Å². The normalized spacial score (nSPS) is 10.6. The van der Waals surface area contributed by atoms with Gasteiger partial charge in [-0.3, -0.25) is 4.68 Å². The first-order chi connectivity index (χ1) is 8.69. The van der Waals surface area contributed by atoms with Gasteiger partial charge in [0.15, 0.2) is 0 Å². The van der Waals surface area contributed by atoms with Gasteiger partial charge in [0, 0.05) is 43.5 Å². The van der Waals surface area contributed by atoms with Gasteiger partial charge in [0.1, 0.15) is 11.6 Å². The van der Waals surface area contributed by atoms with Gasteiger partial charge in [0.2, 0.25) is 0 Å². The van der Waals surface area contributed by atoms with Crippen molar-refractivity contribution >= 4 is 0 Å². The van der Waals surface area contributed by atoms with E-state index in [9.17, 15) is 4.39 Å². The molecule has 0 spiro atoms. The maximum Gasteiger partial charge on any atom is 0.131 e. The average Bonchev–Trinajstić information content (AvgIpc) is 2.77. The quantitative estimate of drug-likeness (QED) is 0.879. The summed E-state index contributed by atoms with van der Waals surface area (Å²) >= 11 is 0. The zero-order chi connectivity index (χ0) is 13.0. The van der Waals surface area contributed by atoms with Crippen LogP contribution in [-0.2, 0) is 20.1 Å². The summed E-state index contributed by atoms with van der Waals surface area (Å²) in [5, 5.41) is 7.24. The maximum atomic E-state index is 13.6. The van der Waals surface area contributed by atoms with Gasteiger partial charge in [0.05, 0.1) is 13.3 Å². The number of hydrogen-bond acceptors (Lipinski definition) is 3. The fraction of sp³-hybridized carbons (Fsp3) is 0.308. The number of ether oxygens (including phenoxy) is 1. The summed E-state index contributed by atoms with van der Waals surface area (Å²) in [6.07, 6.45) is 3.72. The summed E-state index contributed by atoms with van der Waals surface area (Å²) in [7, 11) is 3.39. The van der Waals surface area contributed by atoms with Crippen LogP contribution in [0.25, 0.3) is 0 Å². The third-order valence-electron chi connectivity index (χ3n) is 2.66. The lowest BCUT2D eigenvalue weighted by Gasteiger charge is -2.06. The van der Waals surface area contributed by atoms with Crippen molar-refractivity contribution < 1.29 is 9.13 Å². The van der Waals surface area contributed by atoms with E-state index in [2.05, 4.69) is 10.4 Å². The Morgan fingerprint density at radius 3 is 2.83 bits per heavy atom. The van der Waals surface area contributed by atoms with Crippen LogP contribution in [0.15, 0.2) is 30.6 Å². The lowest BCUT2D eigenvalue weighted by atomic mass is 10.2. The SMILES string of the molecule is COc1ccc(CNCc2cnn(C)c2)c(F)c1. The molecular weight excluding hydrogens is 233 g/mol. The minimum absolute atomic E-state index is 0.256. The Morgan fingerprint density at radius 1 is 1.39 bits per heavy atom. The van der Waals surface area contributed by atoms with E-state index >= 15 is 0 Å². The number of rotatable bonds is 5. The smallest absolute Gasteiger partial charge is 0.131 e. The van der Waals surface area contributed by atoms with Crippen LogP contribution in [-0.4, -0.2) is 16.9 Å². The molecule has 0 saturated carbocycles. The van der Waals surface area contributed by atoms with Gasteiger partial charge in [-0.15, -0.1) is 0 Å². The van der Waals surface area contributed by atoms with Crippen molar-refractivity contribution in [1.82, 2.24) is 15.1 Å². The number of nitrogens with zero attached hydrogens (tertiary/aromatic N) is 2. The zero-order valence-corrected chi connectivity index (χ0v) is 10.5. The number of benzene rings is 1. The fourth-order valence-electron chi connectivity index (χ4n) is 1.70. The molecule has 2 rings (SSSR count). The predicted octanol–water partition coefficient (Wildman–Crippen LogP) is 1.86. The summed E-state index contributed by atoms with van der Waals surface area (Å²) in [6, 6.07) is 4.87. The Labute approximate surface area is 105 Å². The Balaban J connectivity index is 1.90. The lowest BCUT2D eigenvalue weighted by Crippen LogP contribution is -2.13. The van der Waals surface area contributed by atoms with E-state index in [1.165, 1.54) is 13.2 Å². The van der Waals surface area contributed by atoms with E-state index in [4.69, 9.17) is 4.74 Å². The predicted molar refractivity (Wildman–Crippen MR) is 66.7 cm³/mol. The molecule has 1 aromatic heterocycles. The second-order valence-electron chi connectivity index (χ2n) is 4.08. The zero-order valence-electron chi connectivity index (χ0n) is 10.5. The number of halogens is 1. The molecule has 0 amide bonds. The molecule has 0 fully saturated rings. The number of aromatic nitrogens is 2. The third-order valence-corrected chi connectivity index (χ3v) is 2.66. The van der Waals surface area contributed by atoms with Crippen LogP contribution in [0.2, 0.25) is 0 Å². The van der Waals surface area contributed by atoms with Gasteiger partial charge < -0.3 is 10.1 Å². The molecule has 0 atom stereocenters. The Morgan fingerprint density at radius 2 is 2.22 bits per heavy atom. The van der Waals surface area contributed by atoms with Gasteiger partial charge in [-0.25, -0.2) is 4.39 Å². The topological polar surface area (TPSA) is 39.1 Å². The van der Waals surface area contributed by atoms with Crippen molar-refractivity contribution in [1.29, 1.82) is 0 Å². The van der Waals surface area contributed by atoms with Crippen molar-refractivity contribution in [3.8, 4) is 5.75 Å². The number of nitrogens with one attached hydrogen (secondary N) is 1. The van der Waals surface area contributed by atoms with Crippen LogP contribution in [0.5, 0.6) is 5.75 Å².